The molecule has 1 N–H and O–H groups in total. The Bertz CT molecular complexity index is 1150. The van der Waals surface area contributed by atoms with Gasteiger partial charge in [-0.3, -0.25) is 9.78 Å². The lowest BCUT2D eigenvalue weighted by atomic mass is 9.83. The number of nitrogens with zero attached hydrogens (tertiary/aromatic N) is 2. The Morgan fingerprint density at radius 2 is 2.09 bits per heavy atom. The first-order valence-corrected chi connectivity index (χ1v) is 11.4. The number of nitrogens with one attached hydrogen (secondary N) is 1. The van der Waals surface area contributed by atoms with Crippen molar-refractivity contribution in [3.63, 3.8) is 0 Å². The van der Waals surface area contributed by atoms with Gasteiger partial charge in [0.25, 0.3) is 5.91 Å². The van der Waals surface area contributed by atoms with Crippen LogP contribution in [0.2, 0.25) is 0 Å². The Balaban J connectivity index is 1.49. The molecule has 162 valence electrons. The minimum absolute atomic E-state index is 0.287. The zero-order valence-corrected chi connectivity index (χ0v) is 18.5. The van der Waals surface area contributed by atoms with Crippen LogP contribution in [0, 0.1) is 11.3 Å². The van der Waals surface area contributed by atoms with Crippen LogP contribution in [-0.2, 0) is 22.4 Å². The van der Waals surface area contributed by atoms with Gasteiger partial charge in [0, 0.05) is 17.3 Å². The molecule has 2 aromatic heterocycles. The first kappa shape index (κ1) is 21.7. The van der Waals surface area contributed by atoms with E-state index in [9.17, 15) is 14.9 Å². The van der Waals surface area contributed by atoms with Crippen LogP contribution in [0.1, 0.15) is 57.6 Å². The van der Waals surface area contributed by atoms with Gasteiger partial charge >= 0.3 is 5.97 Å². The summed E-state index contributed by atoms with van der Waals surface area (Å²) >= 11 is 1.45. The van der Waals surface area contributed by atoms with E-state index in [0.29, 0.717) is 22.9 Å². The molecule has 1 aromatic carbocycles. The molecule has 2 heterocycles. The van der Waals surface area contributed by atoms with Crippen LogP contribution < -0.4 is 5.32 Å². The van der Waals surface area contributed by atoms with Gasteiger partial charge in [-0.2, -0.15) is 5.26 Å². The van der Waals surface area contributed by atoms with Crippen molar-refractivity contribution in [3.05, 3.63) is 82.0 Å². The number of amides is 1. The summed E-state index contributed by atoms with van der Waals surface area (Å²) in [6.45, 7) is 1.77. The molecule has 0 fully saturated rings. The molecule has 6 nitrogen and oxygen atoms in total. The molecule has 32 heavy (non-hydrogen) atoms. The van der Waals surface area contributed by atoms with Crippen molar-refractivity contribution in [2.24, 2.45) is 0 Å². The van der Waals surface area contributed by atoms with Gasteiger partial charge in [-0.25, -0.2) is 4.79 Å². The first-order chi connectivity index (χ1) is 15.6. The number of pyridine rings is 1. The Hall–Kier alpha value is -3.50. The molecule has 7 heteroatoms. The monoisotopic (exact) mass is 445 g/mol. The predicted octanol–water partition coefficient (Wildman–Crippen LogP) is 4.86. The minimum Gasteiger partial charge on any atom is -0.449 e. The fourth-order valence-electron chi connectivity index (χ4n) is 4.00. The number of hydrogen-bond donors (Lipinski definition) is 1. The number of benzene rings is 1. The minimum atomic E-state index is -0.953. The third kappa shape index (κ3) is 4.56. The Morgan fingerprint density at radius 3 is 2.78 bits per heavy atom. The van der Waals surface area contributed by atoms with Crippen LogP contribution in [0.4, 0.5) is 5.00 Å². The zero-order valence-electron chi connectivity index (χ0n) is 17.7. The van der Waals surface area contributed by atoms with Crippen molar-refractivity contribution in [3.8, 4) is 6.07 Å². The standard InChI is InChI=1S/C25H23N3O3S/c1-2-21(31-25(30)18-9-6-12-27-15-18)23(29)28-24-20(14-26)19-11-10-17(13-22(19)32-24)16-7-4-3-5-8-16/h3-9,12,15,17,21H,2,10-11,13H2,1H3,(H,28,29). The number of thiophene rings is 1. The molecule has 1 amide bonds. The highest BCUT2D eigenvalue weighted by Gasteiger charge is 2.29. The number of carbonyl (C=O) groups is 2. The number of ether oxygens (including phenoxy) is 1. The van der Waals surface area contributed by atoms with E-state index in [1.54, 1.807) is 25.3 Å². The van der Waals surface area contributed by atoms with Crippen molar-refractivity contribution in [2.45, 2.75) is 44.6 Å². The van der Waals surface area contributed by atoms with E-state index in [1.165, 1.54) is 23.1 Å². The van der Waals surface area contributed by atoms with Crippen LogP contribution in [0.3, 0.4) is 0 Å². The van der Waals surface area contributed by atoms with Crippen LogP contribution >= 0.6 is 11.3 Å². The van der Waals surface area contributed by atoms with Gasteiger partial charge in [0.05, 0.1) is 11.1 Å². The van der Waals surface area contributed by atoms with Gasteiger partial charge in [-0.15, -0.1) is 11.3 Å². The lowest BCUT2D eigenvalue weighted by Crippen LogP contribution is -2.32. The molecule has 0 aliphatic heterocycles. The molecule has 1 aliphatic carbocycles. The molecular weight excluding hydrogens is 422 g/mol. The van der Waals surface area contributed by atoms with Crippen molar-refractivity contribution in [1.82, 2.24) is 4.98 Å². The summed E-state index contributed by atoms with van der Waals surface area (Å²) in [5, 5.41) is 13.1. The molecule has 2 atom stereocenters. The van der Waals surface area contributed by atoms with Crippen LogP contribution in [0.15, 0.2) is 54.9 Å². The number of fused-ring (bicyclic) bond motifs is 1. The molecule has 1 aliphatic rings. The molecular formula is C25H23N3O3S. The molecule has 0 spiro atoms. The Kier molecular flexibility index (Phi) is 6.62. The molecule has 0 saturated carbocycles. The van der Waals surface area contributed by atoms with Crippen molar-refractivity contribution in [2.75, 3.05) is 5.32 Å². The second-order valence-corrected chi connectivity index (χ2v) is 8.81. The third-order valence-electron chi connectivity index (χ3n) is 5.69. The summed E-state index contributed by atoms with van der Waals surface area (Å²) in [6, 6.07) is 15.9. The summed E-state index contributed by atoms with van der Waals surface area (Å²) in [5.74, 6) is -0.627. The van der Waals surface area contributed by atoms with Gasteiger partial charge in [0.2, 0.25) is 0 Å². The lowest BCUT2D eigenvalue weighted by molar-refractivity contribution is -0.124. The highest BCUT2D eigenvalue weighted by molar-refractivity contribution is 7.16. The maximum Gasteiger partial charge on any atom is 0.340 e. The van der Waals surface area contributed by atoms with E-state index < -0.39 is 18.0 Å². The maximum absolute atomic E-state index is 12.9. The van der Waals surface area contributed by atoms with Gasteiger partial charge in [-0.1, -0.05) is 37.3 Å². The second kappa shape index (κ2) is 9.75. The zero-order chi connectivity index (χ0) is 22.5. The topological polar surface area (TPSA) is 92.1 Å². The highest BCUT2D eigenvalue weighted by Crippen LogP contribution is 2.42. The van der Waals surface area contributed by atoms with Gasteiger partial charge < -0.3 is 10.1 Å². The average Bonchev–Trinajstić information content (AvgIpc) is 3.19. The van der Waals surface area contributed by atoms with Crippen LogP contribution in [0.25, 0.3) is 0 Å². The summed E-state index contributed by atoms with van der Waals surface area (Å²) in [5.41, 5.74) is 3.14. The quantitative estimate of drug-likeness (QED) is 0.547. The molecule has 0 saturated heterocycles. The number of anilines is 1. The summed E-state index contributed by atoms with van der Waals surface area (Å²) < 4.78 is 5.40. The molecule has 2 unspecified atom stereocenters. The van der Waals surface area contributed by atoms with E-state index in [-0.39, 0.29) is 5.56 Å². The highest BCUT2D eigenvalue weighted by atomic mass is 32.1. The van der Waals surface area contributed by atoms with Crippen LogP contribution in [-0.4, -0.2) is 23.0 Å². The lowest BCUT2D eigenvalue weighted by Gasteiger charge is -2.22. The van der Waals surface area contributed by atoms with Gasteiger partial charge in [-0.05, 0) is 54.9 Å². The van der Waals surface area contributed by atoms with Crippen molar-refractivity contribution >= 4 is 28.2 Å². The normalized spacial score (nSPS) is 15.8. The summed E-state index contributed by atoms with van der Waals surface area (Å²) in [7, 11) is 0. The Morgan fingerprint density at radius 1 is 1.28 bits per heavy atom. The second-order valence-electron chi connectivity index (χ2n) is 7.70. The number of hydrogen-bond acceptors (Lipinski definition) is 6. The fourth-order valence-corrected chi connectivity index (χ4v) is 5.28. The van der Waals surface area contributed by atoms with Gasteiger partial charge in [0.1, 0.15) is 11.1 Å². The Labute approximate surface area is 190 Å². The molecule has 0 bridgehead atoms. The van der Waals surface area contributed by atoms with Gasteiger partial charge in [0.15, 0.2) is 6.10 Å². The average molecular weight is 446 g/mol. The SMILES string of the molecule is CCC(OC(=O)c1cccnc1)C(=O)Nc1sc2c(c1C#N)CCC(c1ccccc1)C2. The summed E-state index contributed by atoms with van der Waals surface area (Å²) in [6.07, 6.45) is 4.95. The number of esters is 1. The molecule has 4 rings (SSSR count). The molecule has 3 aromatic rings. The number of nitriles is 1. The fraction of sp³-hybridized carbons (Fsp3) is 0.280. The van der Waals surface area contributed by atoms with E-state index in [1.807, 2.05) is 18.2 Å². The third-order valence-corrected chi connectivity index (χ3v) is 6.86. The van der Waals surface area contributed by atoms with Crippen molar-refractivity contribution in [1.29, 1.82) is 5.26 Å². The number of carbonyl (C=O) groups excluding carboxylic acids is 2. The van der Waals surface area contributed by atoms with E-state index in [2.05, 4.69) is 28.5 Å². The summed E-state index contributed by atoms with van der Waals surface area (Å²) in [4.78, 5) is 30.2. The predicted molar refractivity (Wildman–Crippen MR) is 123 cm³/mol. The van der Waals surface area contributed by atoms with E-state index >= 15 is 0 Å². The maximum atomic E-state index is 12.9. The smallest absolute Gasteiger partial charge is 0.340 e. The van der Waals surface area contributed by atoms with E-state index in [4.69, 9.17) is 4.74 Å². The first-order valence-electron chi connectivity index (χ1n) is 10.6. The number of aromatic nitrogens is 1. The molecule has 0 radical (unpaired) electrons. The van der Waals surface area contributed by atoms with Crippen molar-refractivity contribution < 1.29 is 14.3 Å². The van der Waals surface area contributed by atoms with E-state index in [0.717, 1.165) is 29.7 Å². The van der Waals surface area contributed by atoms with Crippen LogP contribution in [0.5, 0.6) is 0 Å². The number of rotatable bonds is 6. The largest absolute Gasteiger partial charge is 0.449 e.